The largest absolute Gasteiger partial charge is 0.382 e. The second kappa shape index (κ2) is 8.17. The summed E-state index contributed by atoms with van der Waals surface area (Å²) in [5.41, 5.74) is 2.99. The molecule has 27 heavy (non-hydrogen) atoms. The Morgan fingerprint density at radius 2 is 2.15 bits per heavy atom. The Morgan fingerprint density at radius 1 is 1.37 bits per heavy atom. The topological polar surface area (TPSA) is 57.3 Å². The van der Waals surface area contributed by atoms with Gasteiger partial charge in [0, 0.05) is 37.1 Å². The zero-order chi connectivity index (χ0) is 19.6. The lowest BCUT2D eigenvalue weighted by molar-refractivity contribution is 0.0700. The molecule has 0 saturated heterocycles. The lowest BCUT2D eigenvalue weighted by Crippen LogP contribution is -2.45. The highest BCUT2D eigenvalue weighted by molar-refractivity contribution is 6.30. The molecule has 0 saturated carbocycles. The minimum atomic E-state index is 0.0395. The lowest BCUT2D eigenvalue weighted by atomic mass is 9.98. The molecular weight excluding hydrogens is 360 g/mol. The molecule has 1 aliphatic heterocycles. The number of hydrogen-bond donors (Lipinski definition) is 2. The van der Waals surface area contributed by atoms with Crippen molar-refractivity contribution in [2.75, 3.05) is 24.2 Å². The molecule has 1 aliphatic rings. The average Bonchev–Trinajstić information content (AvgIpc) is 3.02. The first-order valence-electron chi connectivity index (χ1n) is 9.37. The van der Waals surface area contributed by atoms with Gasteiger partial charge in [0.1, 0.15) is 5.82 Å². The molecule has 2 N–H and O–H groups in total. The molecule has 0 fully saturated rings. The predicted octanol–water partition coefficient (Wildman–Crippen LogP) is 4.30. The molecule has 6 heteroatoms. The number of carbonyl (C=O) groups excluding carboxylic acids is 1. The number of likely N-dealkylation sites (N-methyl/N-ethyl adjacent to an activating group) is 1. The fourth-order valence-electron chi connectivity index (χ4n) is 3.61. The molecule has 1 amide bonds. The van der Waals surface area contributed by atoms with E-state index in [0.29, 0.717) is 23.5 Å². The van der Waals surface area contributed by atoms with Gasteiger partial charge in [0.05, 0.1) is 11.1 Å². The Bertz CT molecular complexity index is 806. The molecule has 2 aromatic rings. The molecule has 0 spiro atoms. The molecule has 144 valence electrons. The summed E-state index contributed by atoms with van der Waals surface area (Å²) in [7, 11) is 1.88. The lowest BCUT2D eigenvalue weighted by Gasteiger charge is -2.32. The van der Waals surface area contributed by atoms with Crippen molar-refractivity contribution in [3.63, 3.8) is 0 Å². The number of rotatable bonds is 6. The summed E-state index contributed by atoms with van der Waals surface area (Å²) < 4.78 is 0. The Hall–Kier alpha value is -2.27. The quantitative estimate of drug-likeness (QED) is 0.777. The van der Waals surface area contributed by atoms with E-state index in [1.165, 1.54) is 0 Å². The first-order chi connectivity index (χ1) is 12.9. The number of pyridine rings is 1. The normalized spacial score (nSPS) is 16.6. The number of fused-ring (bicyclic) bond motifs is 1. The minimum Gasteiger partial charge on any atom is -0.382 e. The Kier molecular flexibility index (Phi) is 5.90. The van der Waals surface area contributed by atoms with E-state index in [9.17, 15) is 4.79 Å². The van der Waals surface area contributed by atoms with E-state index < -0.39 is 0 Å². The third kappa shape index (κ3) is 4.35. The van der Waals surface area contributed by atoms with Gasteiger partial charge in [-0.3, -0.25) is 4.79 Å². The molecule has 5 nitrogen and oxygen atoms in total. The summed E-state index contributed by atoms with van der Waals surface area (Å²) in [4.78, 5) is 19.4. The van der Waals surface area contributed by atoms with Gasteiger partial charge in [0.2, 0.25) is 0 Å². The number of hydrogen-bond acceptors (Lipinski definition) is 4. The summed E-state index contributed by atoms with van der Waals surface area (Å²) in [5.74, 6) is 1.12. The van der Waals surface area contributed by atoms with Crippen molar-refractivity contribution in [2.45, 2.75) is 39.3 Å². The van der Waals surface area contributed by atoms with E-state index in [0.717, 1.165) is 29.1 Å². The van der Waals surface area contributed by atoms with Crippen molar-refractivity contribution < 1.29 is 4.79 Å². The minimum absolute atomic E-state index is 0.0395. The van der Waals surface area contributed by atoms with Gasteiger partial charge in [0.15, 0.2) is 0 Å². The number of nitrogens with zero attached hydrogens (tertiary/aromatic N) is 2. The number of anilines is 2. The first kappa shape index (κ1) is 19.5. The molecule has 3 rings (SSSR count). The molecule has 1 aromatic heterocycles. The third-order valence-corrected chi connectivity index (χ3v) is 5.35. The van der Waals surface area contributed by atoms with Gasteiger partial charge in [-0.1, -0.05) is 31.5 Å². The van der Waals surface area contributed by atoms with Crippen LogP contribution in [0.3, 0.4) is 0 Å². The highest BCUT2D eigenvalue weighted by Gasteiger charge is 2.28. The van der Waals surface area contributed by atoms with E-state index in [2.05, 4.69) is 36.4 Å². The van der Waals surface area contributed by atoms with Crippen molar-refractivity contribution in [3.05, 3.63) is 52.7 Å². The molecule has 2 heterocycles. The highest BCUT2D eigenvalue weighted by atomic mass is 35.5. The molecular formula is C21H27ClN4O. The highest BCUT2D eigenvalue weighted by Crippen LogP contribution is 2.30. The fourth-order valence-corrected chi connectivity index (χ4v) is 3.73. The van der Waals surface area contributed by atoms with Crippen LogP contribution in [0.2, 0.25) is 5.02 Å². The summed E-state index contributed by atoms with van der Waals surface area (Å²) in [6.07, 6.45) is 2.49. The smallest absolute Gasteiger partial charge is 0.254 e. The molecule has 0 radical (unpaired) electrons. The maximum absolute atomic E-state index is 13.3. The number of carbonyl (C=O) groups is 1. The molecule has 2 atom stereocenters. The number of nitrogens with one attached hydrogen (secondary N) is 2. The van der Waals surface area contributed by atoms with Gasteiger partial charge < -0.3 is 15.5 Å². The van der Waals surface area contributed by atoms with Crippen molar-refractivity contribution >= 4 is 29.0 Å². The maximum Gasteiger partial charge on any atom is 0.254 e. The van der Waals surface area contributed by atoms with Crippen LogP contribution in [0.25, 0.3) is 0 Å². The van der Waals surface area contributed by atoms with Crippen molar-refractivity contribution in [1.29, 1.82) is 0 Å². The van der Waals surface area contributed by atoms with Crippen LogP contribution in [0, 0.1) is 5.92 Å². The monoisotopic (exact) mass is 386 g/mol. The molecule has 1 aromatic carbocycles. The third-order valence-electron chi connectivity index (χ3n) is 5.13. The number of amides is 1. The number of aromatic nitrogens is 1. The average molecular weight is 387 g/mol. The predicted molar refractivity (Wildman–Crippen MR) is 112 cm³/mol. The summed E-state index contributed by atoms with van der Waals surface area (Å²) >= 11 is 5.89. The van der Waals surface area contributed by atoms with Crippen LogP contribution in [-0.4, -0.2) is 41.5 Å². The first-order valence-corrected chi connectivity index (χ1v) is 9.75. The summed E-state index contributed by atoms with van der Waals surface area (Å²) in [6, 6.07) is 9.98. The van der Waals surface area contributed by atoms with E-state index >= 15 is 0 Å². The SMILES string of the molecule is CC1Cc2c(cccc2C(=O)N(C)C(CNc2ccc(Cl)cn2)C(C)C)N1. The molecule has 0 bridgehead atoms. The van der Waals surface area contributed by atoms with Crippen LogP contribution < -0.4 is 10.6 Å². The van der Waals surface area contributed by atoms with Crippen LogP contribution in [0.15, 0.2) is 36.5 Å². The van der Waals surface area contributed by atoms with Crippen LogP contribution in [0.1, 0.15) is 36.7 Å². The van der Waals surface area contributed by atoms with E-state index in [4.69, 9.17) is 11.6 Å². The Balaban J connectivity index is 1.75. The second-order valence-electron chi connectivity index (χ2n) is 7.55. The van der Waals surface area contributed by atoms with Gasteiger partial charge in [-0.25, -0.2) is 4.98 Å². The van der Waals surface area contributed by atoms with Gasteiger partial charge in [0.25, 0.3) is 5.91 Å². The van der Waals surface area contributed by atoms with Crippen LogP contribution in [-0.2, 0) is 6.42 Å². The van der Waals surface area contributed by atoms with Gasteiger partial charge in [-0.2, -0.15) is 0 Å². The molecule has 0 aliphatic carbocycles. The molecule has 2 unspecified atom stereocenters. The van der Waals surface area contributed by atoms with Crippen molar-refractivity contribution in [1.82, 2.24) is 9.88 Å². The second-order valence-corrected chi connectivity index (χ2v) is 7.99. The standard InChI is InChI=1S/C21H27ClN4O/c1-13(2)19(12-24-20-9-8-15(22)11-23-20)26(4)21(27)16-6-5-7-18-17(16)10-14(3)25-18/h5-9,11,13-14,19,25H,10,12H2,1-4H3,(H,23,24). The zero-order valence-corrected chi connectivity index (χ0v) is 17.0. The van der Waals surface area contributed by atoms with Crippen molar-refractivity contribution in [2.24, 2.45) is 5.92 Å². The van der Waals surface area contributed by atoms with E-state index in [1.54, 1.807) is 12.3 Å². The zero-order valence-electron chi connectivity index (χ0n) is 16.3. The van der Waals surface area contributed by atoms with Crippen LogP contribution in [0.5, 0.6) is 0 Å². The van der Waals surface area contributed by atoms with E-state index in [1.807, 2.05) is 36.2 Å². The van der Waals surface area contributed by atoms with Crippen LogP contribution >= 0.6 is 11.6 Å². The van der Waals surface area contributed by atoms with Gasteiger partial charge in [-0.15, -0.1) is 0 Å². The summed E-state index contributed by atoms with van der Waals surface area (Å²) in [5, 5.41) is 7.36. The Labute approximate surface area is 166 Å². The van der Waals surface area contributed by atoms with Gasteiger partial charge >= 0.3 is 0 Å². The summed E-state index contributed by atoms with van der Waals surface area (Å²) in [6.45, 7) is 7.02. The van der Waals surface area contributed by atoms with Gasteiger partial charge in [-0.05, 0) is 49.1 Å². The Morgan fingerprint density at radius 3 is 2.81 bits per heavy atom. The number of halogens is 1. The van der Waals surface area contributed by atoms with Crippen LogP contribution in [0.4, 0.5) is 11.5 Å². The fraction of sp³-hybridized carbons (Fsp3) is 0.429. The maximum atomic E-state index is 13.3. The number of benzene rings is 1. The van der Waals surface area contributed by atoms with E-state index in [-0.39, 0.29) is 11.9 Å². The van der Waals surface area contributed by atoms with Crippen molar-refractivity contribution in [3.8, 4) is 0 Å².